The molecule has 0 saturated heterocycles. The molecule has 0 bridgehead atoms. The van der Waals surface area contributed by atoms with E-state index in [1.54, 1.807) is 0 Å². The molecule has 2 atom stereocenters. The SMILES string of the molecule is C=CC(N=C(N)C(=C)/C(=C\C=C\F)[N+](=O)[O-])C(N)O. The number of hydrogen-bond acceptors (Lipinski definition) is 5. The van der Waals surface area contributed by atoms with Crippen LogP contribution >= 0.6 is 0 Å². The molecule has 0 aliphatic rings. The second kappa shape index (κ2) is 7.90. The quantitative estimate of drug-likeness (QED) is 0.117. The summed E-state index contributed by atoms with van der Waals surface area (Å²) in [5, 5.41) is 19.9. The average molecular weight is 270 g/mol. The van der Waals surface area contributed by atoms with Crippen LogP contribution in [0.15, 0.2) is 54.0 Å². The molecule has 0 spiro atoms. The molecule has 0 aliphatic heterocycles. The highest BCUT2D eigenvalue weighted by atomic mass is 19.1. The summed E-state index contributed by atoms with van der Waals surface area (Å²) in [6.45, 7) is 6.78. The van der Waals surface area contributed by atoms with E-state index in [1.165, 1.54) is 6.08 Å². The normalized spacial score (nSPS) is 16.2. The number of aliphatic hydroxyl groups is 1. The van der Waals surface area contributed by atoms with Crippen molar-refractivity contribution in [1.29, 1.82) is 0 Å². The third-order valence-electron chi connectivity index (χ3n) is 2.02. The van der Waals surface area contributed by atoms with Crippen LogP contribution in [0.1, 0.15) is 0 Å². The lowest BCUT2D eigenvalue weighted by Gasteiger charge is -2.12. The van der Waals surface area contributed by atoms with Crippen molar-refractivity contribution in [2.45, 2.75) is 12.3 Å². The molecule has 0 heterocycles. The maximum Gasteiger partial charge on any atom is 0.279 e. The summed E-state index contributed by atoms with van der Waals surface area (Å²) in [5.41, 5.74) is 9.96. The Morgan fingerprint density at radius 1 is 1.58 bits per heavy atom. The third-order valence-corrected chi connectivity index (χ3v) is 2.02. The van der Waals surface area contributed by atoms with Gasteiger partial charge in [-0.2, -0.15) is 0 Å². The standard InChI is InChI=1S/C11H15FN4O3/c1-3-8(11(14)17)15-10(13)7(2)9(16(18)19)5-4-6-12/h3-6,8,11,17H,1-2,14H2,(H2,13,15)/b6-4+,9-5+. The molecule has 0 aromatic rings. The maximum absolute atomic E-state index is 11.9. The fourth-order valence-electron chi connectivity index (χ4n) is 1.04. The van der Waals surface area contributed by atoms with Crippen molar-refractivity contribution in [3.8, 4) is 0 Å². The van der Waals surface area contributed by atoms with Gasteiger partial charge >= 0.3 is 0 Å². The Balaban J connectivity index is 5.32. The van der Waals surface area contributed by atoms with Crippen molar-refractivity contribution in [2.24, 2.45) is 16.5 Å². The molecular weight excluding hydrogens is 255 g/mol. The third kappa shape index (κ3) is 5.23. The van der Waals surface area contributed by atoms with E-state index in [0.29, 0.717) is 0 Å². The molecule has 0 aliphatic carbocycles. The van der Waals surface area contributed by atoms with Gasteiger partial charge in [0.05, 0.1) is 16.8 Å². The van der Waals surface area contributed by atoms with Gasteiger partial charge in [0, 0.05) is 6.08 Å². The number of aliphatic imine (C=N–C) groups is 1. The topological polar surface area (TPSA) is 128 Å². The molecule has 0 fully saturated rings. The molecule has 0 aromatic carbocycles. The number of aliphatic hydroxyl groups excluding tert-OH is 1. The van der Waals surface area contributed by atoms with Crippen LogP contribution in [0.25, 0.3) is 0 Å². The van der Waals surface area contributed by atoms with Crippen LogP contribution in [0.3, 0.4) is 0 Å². The van der Waals surface area contributed by atoms with Crippen LogP contribution in [0, 0.1) is 10.1 Å². The van der Waals surface area contributed by atoms with Crippen molar-refractivity contribution >= 4 is 5.84 Å². The van der Waals surface area contributed by atoms with Crippen molar-refractivity contribution in [3.63, 3.8) is 0 Å². The number of nitro groups is 1. The molecule has 0 rings (SSSR count). The van der Waals surface area contributed by atoms with Crippen molar-refractivity contribution < 1.29 is 14.4 Å². The number of halogens is 1. The van der Waals surface area contributed by atoms with Gasteiger partial charge in [-0.15, -0.1) is 6.58 Å². The van der Waals surface area contributed by atoms with E-state index < -0.39 is 22.9 Å². The molecule has 7 nitrogen and oxygen atoms in total. The number of rotatable bonds is 7. The Kier molecular flexibility index (Phi) is 6.94. The number of amidine groups is 1. The zero-order valence-corrected chi connectivity index (χ0v) is 10.1. The van der Waals surface area contributed by atoms with Gasteiger partial charge in [-0.05, 0) is 6.08 Å². The maximum atomic E-state index is 11.9. The molecular formula is C11H15FN4O3. The van der Waals surface area contributed by atoms with Gasteiger partial charge in [-0.25, -0.2) is 4.39 Å². The highest BCUT2D eigenvalue weighted by molar-refractivity contribution is 6.00. The summed E-state index contributed by atoms with van der Waals surface area (Å²) in [6, 6.07) is -0.929. The Hall–Kier alpha value is -2.32. The summed E-state index contributed by atoms with van der Waals surface area (Å²) in [4.78, 5) is 13.7. The van der Waals surface area contributed by atoms with Gasteiger partial charge in [0.25, 0.3) is 5.70 Å². The summed E-state index contributed by atoms with van der Waals surface area (Å²) < 4.78 is 11.9. The lowest BCUT2D eigenvalue weighted by Crippen LogP contribution is -2.33. The van der Waals surface area contributed by atoms with Crippen LogP contribution < -0.4 is 11.5 Å². The van der Waals surface area contributed by atoms with E-state index in [-0.39, 0.29) is 17.7 Å². The monoisotopic (exact) mass is 270 g/mol. The Labute approximate surface area is 109 Å². The molecule has 5 N–H and O–H groups in total. The van der Waals surface area contributed by atoms with Crippen molar-refractivity contribution in [1.82, 2.24) is 0 Å². The summed E-state index contributed by atoms with van der Waals surface area (Å²) in [5.74, 6) is -0.301. The summed E-state index contributed by atoms with van der Waals surface area (Å²) in [7, 11) is 0. The van der Waals surface area contributed by atoms with Crippen LogP contribution in [-0.4, -0.2) is 28.1 Å². The number of nitrogens with zero attached hydrogens (tertiary/aromatic N) is 2. The van der Waals surface area contributed by atoms with E-state index in [2.05, 4.69) is 18.2 Å². The van der Waals surface area contributed by atoms with E-state index >= 15 is 0 Å². The first-order valence-electron chi connectivity index (χ1n) is 5.05. The fourth-order valence-corrected chi connectivity index (χ4v) is 1.04. The fraction of sp³-hybridized carbons (Fsp3) is 0.182. The van der Waals surface area contributed by atoms with Crippen LogP contribution in [-0.2, 0) is 0 Å². The molecule has 2 unspecified atom stereocenters. The number of nitrogens with two attached hydrogens (primary N) is 2. The minimum Gasteiger partial charge on any atom is -0.383 e. The first-order chi connectivity index (χ1) is 8.84. The van der Waals surface area contributed by atoms with Gasteiger partial charge in [-0.3, -0.25) is 15.1 Å². The predicted octanol–water partition coefficient (Wildman–Crippen LogP) is 0.375. The largest absolute Gasteiger partial charge is 0.383 e. The van der Waals surface area contributed by atoms with Crippen LogP contribution in [0.5, 0.6) is 0 Å². The summed E-state index contributed by atoms with van der Waals surface area (Å²) in [6.07, 6.45) is 1.70. The molecule has 0 amide bonds. The lowest BCUT2D eigenvalue weighted by molar-refractivity contribution is -0.419. The van der Waals surface area contributed by atoms with Gasteiger partial charge in [0.15, 0.2) is 0 Å². The molecule has 0 saturated carbocycles. The van der Waals surface area contributed by atoms with Gasteiger partial charge in [-0.1, -0.05) is 12.7 Å². The van der Waals surface area contributed by atoms with Crippen LogP contribution in [0.2, 0.25) is 0 Å². The van der Waals surface area contributed by atoms with Crippen molar-refractivity contribution in [2.75, 3.05) is 0 Å². The molecule has 0 radical (unpaired) electrons. The van der Waals surface area contributed by atoms with E-state index in [1.807, 2.05) is 0 Å². The average Bonchev–Trinajstić information content (AvgIpc) is 2.34. The zero-order valence-electron chi connectivity index (χ0n) is 10.1. The predicted molar refractivity (Wildman–Crippen MR) is 70.3 cm³/mol. The van der Waals surface area contributed by atoms with Crippen molar-refractivity contribution in [3.05, 3.63) is 59.1 Å². The molecule has 104 valence electrons. The van der Waals surface area contributed by atoms with Gasteiger partial charge in [0.1, 0.15) is 18.1 Å². The Morgan fingerprint density at radius 2 is 2.16 bits per heavy atom. The molecule has 8 heteroatoms. The van der Waals surface area contributed by atoms with E-state index in [0.717, 1.165) is 12.2 Å². The minimum atomic E-state index is -1.35. The zero-order chi connectivity index (χ0) is 15.0. The number of allylic oxidation sites excluding steroid dienone is 2. The van der Waals surface area contributed by atoms with Gasteiger partial charge < -0.3 is 16.6 Å². The number of hydrogen-bond donors (Lipinski definition) is 3. The van der Waals surface area contributed by atoms with Crippen LogP contribution in [0.4, 0.5) is 4.39 Å². The first kappa shape index (κ1) is 16.7. The second-order valence-electron chi connectivity index (χ2n) is 3.34. The smallest absolute Gasteiger partial charge is 0.279 e. The van der Waals surface area contributed by atoms with Gasteiger partial charge in [0.2, 0.25) is 0 Å². The lowest BCUT2D eigenvalue weighted by atomic mass is 10.2. The summed E-state index contributed by atoms with van der Waals surface area (Å²) >= 11 is 0. The van der Waals surface area contributed by atoms with E-state index in [4.69, 9.17) is 16.6 Å². The Bertz CT molecular complexity index is 455. The van der Waals surface area contributed by atoms with E-state index in [9.17, 15) is 14.5 Å². The highest BCUT2D eigenvalue weighted by Crippen LogP contribution is 2.10. The highest BCUT2D eigenvalue weighted by Gasteiger charge is 2.19. The molecule has 19 heavy (non-hydrogen) atoms. The Morgan fingerprint density at radius 3 is 2.53 bits per heavy atom. The first-order valence-corrected chi connectivity index (χ1v) is 5.05. The minimum absolute atomic E-state index is 0.125. The molecule has 0 aromatic heterocycles. The second-order valence-corrected chi connectivity index (χ2v) is 3.34.